The minimum absolute atomic E-state index is 0.281. The third-order valence-corrected chi connectivity index (χ3v) is 4.57. The van der Waals surface area contributed by atoms with E-state index in [0.717, 1.165) is 16.3 Å². The quantitative estimate of drug-likeness (QED) is 0.743. The molecule has 0 atom stereocenters. The van der Waals surface area contributed by atoms with Crippen molar-refractivity contribution in [1.29, 1.82) is 0 Å². The van der Waals surface area contributed by atoms with Gasteiger partial charge in [-0.15, -0.1) is 22.7 Å². The Morgan fingerprint density at radius 3 is 2.67 bits per heavy atom. The summed E-state index contributed by atoms with van der Waals surface area (Å²) in [5.74, 6) is 0.281. The molecule has 18 heavy (non-hydrogen) atoms. The van der Waals surface area contributed by atoms with E-state index in [2.05, 4.69) is 18.0 Å². The molecule has 0 saturated heterocycles. The van der Waals surface area contributed by atoms with E-state index in [9.17, 15) is 5.11 Å². The van der Waals surface area contributed by atoms with Gasteiger partial charge in [-0.1, -0.05) is 18.2 Å². The van der Waals surface area contributed by atoms with Crippen molar-refractivity contribution in [2.45, 2.75) is 6.92 Å². The molecule has 2 aromatic heterocycles. The average Bonchev–Trinajstić information content (AvgIpc) is 2.98. The van der Waals surface area contributed by atoms with Gasteiger partial charge < -0.3 is 5.11 Å². The van der Waals surface area contributed by atoms with Gasteiger partial charge in [0, 0.05) is 4.88 Å². The van der Waals surface area contributed by atoms with Crippen molar-refractivity contribution in [2.24, 2.45) is 0 Å². The van der Waals surface area contributed by atoms with Gasteiger partial charge in [-0.25, -0.2) is 4.98 Å². The first-order valence-electron chi connectivity index (χ1n) is 5.55. The molecule has 4 heteroatoms. The molecule has 0 unspecified atom stereocenters. The number of aromatic nitrogens is 1. The van der Waals surface area contributed by atoms with E-state index in [0.29, 0.717) is 0 Å². The third-order valence-electron chi connectivity index (χ3n) is 2.69. The number of thiophene rings is 1. The largest absolute Gasteiger partial charge is 0.507 e. The molecule has 0 fully saturated rings. The van der Waals surface area contributed by atoms with Crippen LogP contribution >= 0.6 is 22.7 Å². The van der Waals surface area contributed by atoms with Crippen LogP contribution in [-0.4, -0.2) is 10.1 Å². The topological polar surface area (TPSA) is 33.1 Å². The van der Waals surface area contributed by atoms with Crippen LogP contribution in [0.1, 0.15) is 4.88 Å². The Labute approximate surface area is 113 Å². The van der Waals surface area contributed by atoms with Crippen molar-refractivity contribution in [2.75, 3.05) is 0 Å². The molecule has 0 spiro atoms. The maximum Gasteiger partial charge on any atom is 0.128 e. The summed E-state index contributed by atoms with van der Waals surface area (Å²) in [6, 6.07) is 11.4. The normalized spacial score (nSPS) is 10.7. The predicted molar refractivity (Wildman–Crippen MR) is 77.3 cm³/mol. The Morgan fingerprint density at radius 2 is 1.94 bits per heavy atom. The molecule has 3 aromatic rings. The van der Waals surface area contributed by atoms with Gasteiger partial charge in [0.15, 0.2) is 0 Å². The summed E-state index contributed by atoms with van der Waals surface area (Å²) in [4.78, 5) is 7.00. The van der Waals surface area contributed by atoms with Crippen LogP contribution in [0.25, 0.3) is 21.1 Å². The Morgan fingerprint density at radius 1 is 1.11 bits per heavy atom. The second-order valence-corrected chi connectivity index (χ2v) is 6.07. The van der Waals surface area contributed by atoms with Crippen molar-refractivity contribution < 1.29 is 5.11 Å². The summed E-state index contributed by atoms with van der Waals surface area (Å²) in [7, 11) is 0. The van der Waals surface area contributed by atoms with Crippen LogP contribution in [0.4, 0.5) is 0 Å². The Kier molecular flexibility index (Phi) is 2.89. The molecular weight excluding hydrogens is 262 g/mol. The van der Waals surface area contributed by atoms with Gasteiger partial charge in [0.05, 0.1) is 16.1 Å². The summed E-state index contributed by atoms with van der Waals surface area (Å²) < 4.78 is 0. The van der Waals surface area contributed by atoms with Gasteiger partial charge in [0.2, 0.25) is 0 Å². The van der Waals surface area contributed by atoms with Crippen molar-refractivity contribution in [3.05, 3.63) is 46.7 Å². The minimum Gasteiger partial charge on any atom is -0.507 e. The number of para-hydroxylation sites is 1. The van der Waals surface area contributed by atoms with E-state index in [1.807, 2.05) is 29.6 Å². The number of benzene rings is 1. The number of phenols is 1. The summed E-state index contributed by atoms with van der Waals surface area (Å²) >= 11 is 3.30. The molecule has 0 aliphatic heterocycles. The predicted octanol–water partition coefficient (Wildman–Crippen LogP) is 4.55. The first-order valence-corrected chi connectivity index (χ1v) is 7.25. The fraction of sp³-hybridized carbons (Fsp3) is 0.0714. The number of hydrogen-bond acceptors (Lipinski definition) is 4. The molecule has 0 radical (unpaired) electrons. The van der Waals surface area contributed by atoms with Gasteiger partial charge >= 0.3 is 0 Å². The molecule has 0 bridgehead atoms. The fourth-order valence-corrected chi connectivity index (χ4v) is 3.61. The highest BCUT2D eigenvalue weighted by Crippen LogP contribution is 2.37. The Hall–Kier alpha value is -1.65. The number of phenolic OH excluding ortho intramolecular Hbond substituents is 1. The number of thiazole rings is 1. The highest BCUT2D eigenvalue weighted by atomic mass is 32.1. The molecule has 1 N–H and O–H groups in total. The highest BCUT2D eigenvalue weighted by molar-refractivity contribution is 7.17. The maximum atomic E-state index is 9.86. The first-order chi connectivity index (χ1) is 8.75. The van der Waals surface area contributed by atoms with Gasteiger partial charge in [-0.3, -0.25) is 0 Å². The van der Waals surface area contributed by atoms with Gasteiger partial charge in [0.1, 0.15) is 10.8 Å². The average molecular weight is 273 g/mol. The van der Waals surface area contributed by atoms with Crippen LogP contribution in [0.3, 0.4) is 0 Å². The molecule has 2 nitrogen and oxygen atoms in total. The smallest absolute Gasteiger partial charge is 0.128 e. The van der Waals surface area contributed by atoms with E-state index < -0.39 is 0 Å². The summed E-state index contributed by atoms with van der Waals surface area (Å²) in [5, 5.41) is 12.8. The first kappa shape index (κ1) is 11.4. The molecule has 3 rings (SSSR count). The fourth-order valence-electron chi connectivity index (χ4n) is 1.81. The lowest BCUT2D eigenvalue weighted by molar-refractivity contribution is 0.477. The van der Waals surface area contributed by atoms with Crippen molar-refractivity contribution in [3.63, 3.8) is 0 Å². The highest BCUT2D eigenvalue weighted by Gasteiger charge is 2.13. The second-order valence-electron chi connectivity index (χ2n) is 3.92. The number of rotatable bonds is 2. The van der Waals surface area contributed by atoms with Crippen molar-refractivity contribution in [3.8, 4) is 26.9 Å². The van der Waals surface area contributed by atoms with Crippen LogP contribution in [0, 0.1) is 6.92 Å². The molecule has 0 aliphatic carbocycles. The third kappa shape index (κ3) is 1.94. The number of aromatic hydroxyl groups is 1. The van der Waals surface area contributed by atoms with E-state index in [1.54, 1.807) is 28.7 Å². The lowest BCUT2D eigenvalue weighted by atomic mass is 10.2. The van der Waals surface area contributed by atoms with Crippen LogP contribution in [0.5, 0.6) is 5.75 Å². The van der Waals surface area contributed by atoms with E-state index >= 15 is 0 Å². The van der Waals surface area contributed by atoms with E-state index in [-0.39, 0.29) is 5.75 Å². The van der Waals surface area contributed by atoms with E-state index in [4.69, 9.17) is 0 Å². The van der Waals surface area contributed by atoms with Crippen LogP contribution in [-0.2, 0) is 0 Å². The zero-order valence-electron chi connectivity index (χ0n) is 9.75. The van der Waals surface area contributed by atoms with E-state index in [1.165, 1.54) is 9.75 Å². The molecule has 1 aromatic carbocycles. The molecular formula is C14H11NOS2. The molecule has 90 valence electrons. The molecule has 2 heterocycles. The lowest BCUT2D eigenvalue weighted by Gasteiger charge is -1.98. The van der Waals surface area contributed by atoms with Crippen LogP contribution < -0.4 is 0 Å². The summed E-state index contributed by atoms with van der Waals surface area (Å²) in [6.07, 6.45) is 0. The minimum atomic E-state index is 0.281. The summed E-state index contributed by atoms with van der Waals surface area (Å²) in [5.41, 5.74) is 1.82. The standard InChI is InChI=1S/C14H11NOS2/c1-9-13(12-7-4-8-17-12)15-14(18-9)10-5-2-3-6-11(10)16/h2-8,16H,1H3. The van der Waals surface area contributed by atoms with Crippen molar-refractivity contribution >= 4 is 22.7 Å². The molecule has 0 saturated carbocycles. The molecule has 0 aliphatic rings. The molecule has 0 amide bonds. The Bertz CT molecular complexity index is 671. The van der Waals surface area contributed by atoms with Crippen molar-refractivity contribution in [1.82, 2.24) is 4.98 Å². The van der Waals surface area contributed by atoms with Crippen LogP contribution in [0.2, 0.25) is 0 Å². The monoisotopic (exact) mass is 273 g/mol. The van der Waals surface area contributed by atoms with Gasteiger partial charge in [0.25, 0.3) is 0 Å². The van der Waals surface area contributed by atoms with Crippen LogP contribution in [0.15, 0.2) is 41.8 Å². The second kappa shape index (κ2) is 4.55. The SMILES string of the molecule is Cc1sc(-c2ccccc2O)nc1-c1cccs1. The maximum absolute atomic E-state index is 9.86. The Balaban J connectivity index is 2.11. The lowest BCUT2D eigenvalue weighted by Crippen LogP contribution is -1.78. The number of nitrogens with zero attached hydrogens (tertiary/aromatic N) is 1. The zero-order valence-corrected chi connectivity index (χ0v) is 11.4. The van der Waals surface area contributed by atoms with Gasteiger partial charge in [-0.05, 0) is 30.5 Å². The number of hydrogen-bond donors (Lipinski definition) is 1. The van der Waals surface area contributed by atoms with Gasteiger partial charge in [-0.2, -0.15) is 0 Å². The number of aryl methyl sites for hydroxylation is 1. The zero-order chi connectivity index (χ0) is 12.5. The summed E-state index contributed by atoms with van der Waals surface area (Å²) in [6.45, 7) is 2.07.